The number of fused-ring (bicyclic) bond motifs is 1. The molecule has 1 aliphatic heterocycles. The van der Waals surface area contributed by atoms with Gasteiger partial charge in [-0.25, -0.2) is 18.3 Å². The van der Waals surface area contributed by atoms with Gasteiger partial charge in [0.25, 0.3) is 5.91 Å². The lowest BCUT2D eigenvalue weighted by Crippen LogP contribution is -2.45. The second-order valence-corrected chi connectivity index (χ2v) is 6.82. The van der Waals surface area contributed by atoms with Gasteiger partial charge in [0.1, 0.15) is 5.56 Å². The summed E-state index contributed by atoms with van der Waals surface area (Å²) >= 11 is 0. The molecule has 3 aromatic rings. The zero-order valence-corrected chi connectivity index (χ0v) is 14.8. The quantitative estimate of drug-likeness (QED) is 0.769. The highest BCUT2D eigenvalue weighted by molar-refractivity contribution is 5.99. The second-order valence-electron chi connectivity index (χ2n) is 6.82. The van der Waals surface area contributed by atoms with E-state index in [-0.39, 0.29) is 11.9 Å². The molecule has 8 heteroatoms. The molecular formula is C19H19F2N5O. The number of hydrogen-bond acceptors (Lipinski definition) is 4. The molecular weight excluding hydrogens is 352 g/mol. The van der Waals surface area contributed by atoms with E-state index >= 15 is 0 Å². The Bertz CT molecular complexity index is 1000. The van der Waals surface area contributed by atoms with E-state index in [1.54, 1.807) is 15.6 Å². The van der Waals surface area contributed by atoms with Crippen LogP contribution in [0.1, 0.15) is 28.8 Å². The largest absolute Gasteiger partial charge is 0.380 e. The minimum atomic E-state index is -0.892. The first-order chi connectivity index (χ1) is 13.0. The number of aryl methyl sites for hydroxylation is 1. The number of halogens is 2. The number of carbonyl (C=O) groups is 1. The topological polar surface area (TPSA) is 62.5 Å². The number of benzene rings is 1. The van der Waals surface area contributed by atoms with Crippen LogP contribution in [0.3, 0.4) is 0 Å². The molecule has 1 saturated heterocycles. The average molecular weight is 371 g/mol. The van der Waals surface area contributed by atoms with Crippen LogP contribution in [0, 0.1) is 18.6 Å². The first kappa shape index (κ1) is 17.4. The molecule has 140 valence electrons. The summed E-state index contributed by atoms with van der Waals surface area (Å²) in [6.45, 7) is 3.02. The Morgan fingerprint density at radius 2 is 2.11 bits per heavy atom. The van der Waals surface area contributed by atoms with Gasteiger partial charge in [0, 0.05) is 43.3 Å². The van der Waals surface area contributed by atoms with Gasteiger partial charge in [0.2, 0.25) is 0 Å². The van der Waals surface area contributed by atoms with E-state index in [1.165, 1.54) is 12.3 Å². The third-order valence-corrected chi connectivity index (χ3v) is 4.71. The Morgan fingerprint density at radius 1 is 1.26 bits per heavy atom. The minimum absolute atomic E-state index is 0.0374. The van der Waals surface area contributed by atoms with Crippen LogP contribution in [0.2, 0.25) is 0 Å². The highest BCUT2D eigenvalue weighted by Gasteiger charge is 2.27. The number of anilines is 1. The van der Waals surface area contributed by atoms with E-state index in [2.05, 4.69) is 15.4 Å². The second kappa shape index (κ2) is 6.94. The minimum Gasteiger partial charge on any atom is -0.380 e. The predicted molar refractivity (Wildman–Crippen MR) is 96.6 cm³/mol. The molecule has 1 atom stereocenters. The standard InChI is InChI=1S/C19H19F2N5O/c1-12-8-22-18-15(9-23-26(18)10-12)19(27)25-6-2-3-14(11-25)24-13-4-5-16(20)17(21)7-13/h4-5,7-10,14,24H,2-3,6,11H2,1H3/t14-/m1/s1. The van der Waals surface area contributed by atoms with Crippen LogP contribution in [0.4, 0.5) is 14.5 Å². The number of rotatable bonds is 3. The van der Waals surface area contributed by atoms with E-state index in [0.29, 0.717) is 30.0 Å². The van der Waals surface area contributed by atoms with Gasteiger partial charge in [-0.15, -0.1) is 0 Å². The van der Waals surface area contributed by atoms with Crippen molar-refractivity contribution in [2.75, 3.05) is 18.4 Å². The lowest BCUT2D eigenvalue weighted by molar-refractivity contribution is 0.0716. The van der Waals surface area contributed by atoms with Crippen molar-refractivity contribution >= 4 is 17.2 Å². The van der Waals surface area contributed by atoms with Crippen molar-refractivity contribution in [2.45, 2.75) is 25.8 Å². The molecule has 1 N–H and O–H groups in total. The molecule has 1 aromatic carbocycles. The van der Waals surface area contributed by atoms with Crippen LogP contribution >= 0.6 is 0 Å². The summed E-state index contributed by atoms with van der Waals surface area (Å²) in [4.78, 5) is 19.0. The molecule has 1 fully saturated rings. The predicted octanol–water partition coefficient (Wildman–Crippen LogP) is 3.03. The van der Waals surface area contributed by atoms with Crippen molar-refractivity contribution in [3.63, 3.8) is 0 Å². The molecule has 1 aliphatic rings. The van der Waals surface area contributed by atoms with E-state index in [4.69, 9.17) is 0 Å². The van der Waals surface area contributed by atoms with Gasteiger partial charge >= 0.3 is 0 Å². The fourth-order valence-corrected chi connectivity index (χ4v) is 3.39. The number of hydrogen-bond donors (Lipinski definition) is 1. The number of carbonyl (C=O) groups excluding carboxylic acids is 1. The Balaban J connectivity index is 1.50. The Morgan fingerprint density at radius 3 is 2.93 bits per heavy atom. The molecule has 6 nitrogen and oxygen atoms in total. The molecule has 1 amide bonds. The smallest absolute Gasteiger partial charge is 0.259 e. The maximum Gasteiger partial charge on any atom is 0.259 e. The van der Waals surface area contributed by atoms with Gasteiger partial charge in [0.05, 0.1) is 6.20 Å². The summed E-state index contributed by atoms with van der Waals surface area (Å²) in [5.74, 6) is -1.90. The van der Waals surface area contributed by atoms with E-state index in [0.717, 1.165) is 30.5 Å². The highest BCUT2D eigenvalue weighted by atomic mass is 19.2. The third-order valence-electron chi connectivity index (χ3n) is 4.71. The Hall–Kier alpha value is -3.03. The van der Waals surface area contributed by atoms with Crippen LogP contribution in [-0.2, 0) is 0 Å². The van der Waals surface area contributed by atoms with Crippen LogP contribution < -0.4 is 5.32 Å². The summed E-state index contributed by atoms with van der Waals surface area (Å²) < 4.78 is 28.1. The number of aromatic nitrogens is 3. The van der Waals surface area contributed by atoms with Crippen LogP contribution in [0.5, 0.6) is 0 Å². The van der Waals surface area contributed by atoms with Crippen molar-refractivity contribution in [1.82, 2.24) is 19.5 Å². The molecule has 2 aromatic heterocycles. The lowest BCUT2D eigenvalue weighted by atomic mass is 10.0. The summed E-state index contributed by atoms with van der Waals surface area (Å²) in [5, 5.41) is 7.40. The van der Waals surface area contributed by atoms with Crippen LogP contribution in [0.25, 0.3) is 5.65 Å². The fourth-order valence-electron chi connectivity index (χ4n) is 3.39. The molecule has 0 saturated carbocycles. The monoisotopic (exact) mass is 371 g/mol. The van der Waals surface area contributed by atoms with Gasteiger partial charge in [-0.3, -0.25) is 4.79 Å². The SMILES string of the molecule is Cc1cnc2c(C(=O)N3CCC[C@@H](Nc4ccc(F)c(F)c4)C3)cnn2c1. The maximum absolute atomic E-state index is 13.4. The summed E-state index contributed by atoms with van der Waals surface area (Å²) in [6, 6.07) is 3.69. The zero-order chi connectivity index (χ0) is 19.0. The van der Waals surface area contributed by atoms with Crippen molar-refractivity contribution in [3.8, 4) is 0 Å². The lowest BCUT2D eigenvalue weighted by Gasteiger charge is -2.33. The normalized spacial score (nSPS) is 17.3. The molecule has 4 rings (SSSR count). The summed E-state index contributed by atoms with van der Waals surface area (Å²) in [6.07, 6.45) is 6.73. The molecule has 27 heavy (non-hydrogen) atoms. The maximum atomic E-state index is 13.4. The number of nitrogens with one attached hydrogen (secondary N) is 1. The molecule has 0 bridgehead atoms. The van der Waals surface area contributed by atoms with Gasteiger partial charge in [-0.1, -0.05) is 0 Å². The Kier molecular flexibility index (Phi) is 4.47. The van der Waals surface area contributed by atoms with Crippen LogP contribution in [-0.4, -0.2) is 44.5 Å². The van der Waals surface area contributed by atoms with Gasteiger partial charge < -0.3 is 10.2 Å². The van der Waals surface area contributed by atoms with Gasteiger partial charge in [-0.2, -0.15) is 5.10 Å². The van der Waals surface area contributed by atoms with Crippen molar-refractivity contribution in [3.05, 3.63) is 59.6 Å². The third kappa shape index (κ3) is 3.47. The summed E-state index contributed by atoms with van der Waals surface area (Å²) in [7, 11) is 0. The van der Waals surface area contributed by atoms with Crippen molar-refractivity contribution < 1.29 is 13.6 Å². The number of likely N-dealkylation sites (tertiary alicyclic amines) is 1. The molecule has 0 spiro atoms. The summed E-state index contributed by atoms with van der Waals surface area (Å²) in [5.41, 5.74) is 2.45. The fraction of sp³-hybridized carbons (Fsp3) is 0.316. The van der Waals surface area contributed by atoms with E-state index in [9.17, 15) is 13.6 Å². The number of nitrogens with zero attached hydrogens (tertiary/aromatic N) is 4. The van der Waals surface area contributed by atoms with E-state index < -0.39 is 11.6 Å². The average Bonchev–Trinajstić information content (AvgIpc) is 3.07. The first-order valence-electron chi connectivity index (χ1n) is 8.82. The van der Waals surface area contributed by atoms with Crippen molar-refractivity contribution in [1.29, 1.82) is 0 Å². The Labute approximate surface area is 154 Å². The van der Waals surface area contributed by atoms with Crippen molar-refractivity contribution in [2.24, 2.45) is 0 Å². The molecule has 3 heterocycles. The molecule has 0 aliphatic carbocycles. The molecule has 0 unspecified atom stereocenters. The first-order valence-corrected chi connectivity index (χ1v) is 8.82. The number of amides is 1. The van der Waals surface area contributed by atoms with Crippen LogP contribution in [0.15, 0.2) is 36.8 Å². The zero-order valence-electron chi connectivity index (χ0n) is 14.8. The van der Waals surface area contributed by atoms with E-state index in [1.807, 2.05) is 13.1 Å². The highest BCUT2D eigenvalue weighted by Crippen LogP contribution is 2.20. The molecule has 0 radical (unpaired) electrons. The van der Waals surface area contributed by atoms with Gasteiger partial charge in [0.15, 0.2) is 17.3 Å². The van der Waals surface area contributed by atoms with Gasteiger partial charge in [-0.05, 0) is 37.5 Å². The number of piperidine rings is 1.